The number of benzene rings is 2. The molecular weight excluding hydrogens is 742 g/mol. The summed E-state index contributed by atoms with van der Waals surface area (Å²) in [6.45, 7) is -0.616. The lowest BCUT2D eigenvalue weighted by molar-refractivity contribution is -0.143. The van der Waals surface area contributed by atoms with Crippen molar-refractivity contribution >= 4 is 29.5 Å². The van der Waals surface area contributed by atoms with Crippen LogP contribution in [0.1, 0.15) is 105 Å². The fourth-order valence-corrected chi connectivity index (χ4v) is 7.68. The van der Waals surface area contributed by atoms with E-state index in [1.807, 2.05) is 12.1 Å². The smallest absolute Gasteiger partial charge is 0.384 e. The average molecular weight is 795 g/mol. The summed E-state index contributed by atoms with van der Waals surface area (Å²) in [4.78, 5) is 46.0. The molecule has 2 aromatic rings. The van der Waals surface area contributed by atoms with Gasteiger partial charge in [-0.25, -0.2) is 0 Å². The van der Waals surface area contributed by atoms with Gasteiger partial charge in [-0.1, -0.05) is 62.8 Å². The van der Waals surface area contributed by atoms with Gasteiger partial charge in [-0.15, -0.1) is 0 Å². The van der Waals surface area contributed by atoms with Gasteiger partial charge >= 0.3 is 12.4 Å². The fourth-order valence-electron chi connectivity index (χ4n) is 7.68. The summed E-state index contributed by atoms with van der Waals surface area (Å²) in [6, 6.07) is 5.87. The molecule has 10 N–H and O–H groups in total. The Kier molecular flexibility index (Phi) is 15.6. The number of amides is 3. The number of halogens is 6. The van der Waals surface area contributed by atoms with Crippen molar-refractivity contribution in [3.63, 3.8) is 0 Å². The molecule has 0 bridgehead atoms. The van der Waals surface area contributed by atoms with Crippen LogP contribution in [0.2, 0.25) is 0 Å². The average Bonchev–Trinajstić information content (AvgIpc) is 3.16. The quantitative estimate of drug-likeness (QED) is 0.0494. The van der Waals surface area contributed by atoms with E-state index in [4.69, 9.17) is 22.6 Å². The first-order chi connectivity index (χ1) is 26.4. The molecule has 11 nitrogen and oxygen atoms in total. The predicted molar refractivity (Wildman–Crippen MR) is 200 cm³/mol. The third-order valence-electron chi connectivity index (χ3n) is 10.7. The van der Waals surface area contributed by atoms with Crippen molar-refractivity contribution in [1.82, 2.24) is 16.0 Å². The summed E-state index contributed by atoms with van der Waals surface area (Å²) in [5.74, 6) is -2.70. The van der Waals surface area contributed by atoms with Crippen LogP contribution in [0.5, 0.6) is 0 Å². The number of nitrogens with one attached hydrogen (secondary N) is 4. The Hall–Kier alpha value is -4.83. The summed E-state index contributed by atoms with van der Waals surface area (Å²) in [7, 11) is 0. The van der Waals surface area contributed by atoms with Crippen molar-refractivity contribution in [1.29, 1.82) is 5.41 Å². The SMILES string of the molecule is N=C(N)c1ccc(CC(C(=O)NC(C(=O)N[C@@H](CCCN=C(N)N)C(=O)NCc2cc(C(F)(F)F)cc(C(F)(F)F)c2)C2CCCCC2)C2CCCCC2)cc1. The number of nitrogens with two attached hydrogens (primary N) is 3. The molecule has 3 amide bonds. The standard InChI is InChI=1S/C39H52F6N8O3/c40-38(41,42)28-18-24(19-29(21-28)39(43,44)45)22-51-35(55)31(12-7-17-50-37(48)49)52-36(56)32(26-10-5-2-6-11-26)53-34(54)30(25-8-3-1-4-9-25)20-23-13-15-27(16-14-23)33(46)47/h13-16,18-19,21,25-26,30-32H,1-12,17,20,22H2,(H3,46,47)(H,51,55)(H,52,56)(H,53,54)(H4,48,49,50)/t30?,31-,32?/m0/s1. The molecule has 2 aliphatic rings. The number of nitrogens with zero attached hydrogens (tertiary/aromatic N) is 1. The van der Waals surface area contributed by atoms with Crippen molar-refractivity contribution in [2.45, 2.75) is 114 Å². The minimum absolute atomic E-state index is 0.000723. The van der Waals surface area contributed by atoms with Crippen LogP contribution >= 0.6 is 0 Å². The van der Waals surface area contributed by atoms with E-state index in [0.717, 1.165) is 56.9 Å². The molecule has 4 rings (SSSR count). The number of amidine groups is 1. The van der Waals surface area contributed by atoms with Crippen molar-refractivity contribution in [2.24, 2.45) is 39.9 Å². The zero-order chi connectivity index (χ0) is 41.0. The maximum absolute atomic E-state index is 14.3. The van der Waals surface area contributed by atoms with Gasteiger partial charge in [0.05, 0.1) is 11.1 Å². The highest BCUT2D eigenvalue weighted by atomic mass is 19.4. The number of alkyl halides is 6. The Morgan fingerprint density at radius 2 is 1.29 bits per heavy atom. The number of rotatable bonds is 16. The number of nitrogen functional groups attached to an aromatic ring is 1. The monoisotopic (exact) mass is 794 g/mol. The number of guanidine groups is 1. The van der Waals surface area contributed by atoms with Crippen LogP contribution in [0.25, 0.3) is 0 Å². The molecule has 2 aliphatic carbocycles. The fraction of sp³-hybridized carbons (Fsp3) is 0.564. The first-order valence-electron chi connectivity index (χ1n) is 19.1. The van der Waals surface area contributed by atoms with Gasteiger partial charge in [-0.3, -0.25) is 24.8 Å². The van der Waals surface area contributed by atoms with Crippen LogP contribution < -0.4 is 33.2 Å². The maximum Gasteiger partial charge on any atom is 0.416 e. The molecule has 2 unspecified atom stereocenters. The van der Waals surface area contributed by atoms with E-state index in [1.165, 1.54) is 0 Å². The second-order valence-corrected chi connectivity index (χ2v) is 14.8. The van der Waals surface area contributed by atoms with E-state index in [1.54, 1.807) is 12.1 Å². The molecule has 0 saturated heterocycles. The second kappa shape index (κ2) is 19.9. The van der Waals surface area contributed by atoms with Gasteiger partial charge in [0.25, 0.3) is 0 Å². The Balaban J connectivity index is 1.57. The topological polar surface area (TPSA) is 202 Å². The Morgan fingerprint density at radius 1 is 0.732 bits per heavy atom. The molecule has 2 saturated carbocycles. The number of aliphatic imine (C=N–C) groups is 1. The van der Waals surface area contributed by atoms with Gasteiger partial charge in [0, 0.05) is 24.6 Å². The molecular formula is C39H52F6N8O3. The summed E-state index contributed by atoms with van der Waals surface area (Å²) in [6.07, 6.45) is -0.972. The van der Waals surface area contributed by atoms with Crippen molar-refractivity contribution in [2.75, 3.05) is 6.54 Å². The normalized spacial score (nSPS) is 17.2. The van der Waals surface area contributed by atoms with E-state index >= 15 is 0 Å². The van der Waals surface area contributed by atoms with Crippen molar-refractivity contribution < 1.29 is 40.7 Å². The molecule has 0 radical (unpaired) electrons. The zero-order valence-corrected chi connectivity index (χ0v) is 31.2. The number of carbonyl (C=O) groups is 3. The summed E-state index contributed by atoms with van der Waals surface area (Å²) in [5, 5.41) is 15.9. The highest BCUT2D eigenvalue weighted by Crippen LogP contribution is 2.37. The molecule has 56 heavy (non-hydrogen) atoms. The van der Waals surface area contributed by atoms with Gasteiger partial charge in [0.2, 0.25) is 17.7 Å². The van der Waals surface area contributed by atoms with Gasteiger partial charge < -0.3 is 33.2 Å². The van der Waals surface area contributed by atoms with Crippen molar-refractivity contribution in [3.8, 4) is 0 Å². The maximum atomic E-state index is 14.3. The number of hydrogen-bond donors (Lipinski definition) is 7. The van der Waals surface area contributed by atoms with Crippen LogP contribution in [0.3, 0.4) is 0 Å². The van der Waals surface area contributed by atoms with Gasteiger partial charge in [-0.2, -0.15) is 26.3 Å². The zero-order valence-electron chi connectivity index (χ0n) is 31.2. The first-order valence-corrected chi connectivity index (χ1v) is 19.1. The lowest BCUT2D eigenvalue weighted by Crippen LogP contribution is -2.57. The minimum atomic E-state index is -5.07. The molecule has 2 aromatic carbocycles. The summed E-state index contributed by atoms with van der Waals surface area (Å²) < 4.78 is 80.9. The molecule has 17 heteroatoms. The molecule has 0 spiro atoms. The number of hydrogen-bond acceptors (Lipinski definition) is 5. The summed E-state index contributed by atoms with van der Waals surface area (Å²) >= 11 is 0. The van der Waals surface area contributed by atoms with Crippen LogP contribution in [0.4, 0.5) is 26.3 Å². The molecule has 0 aliphatic heterocycles. The molecule has 2 fully saturated rings. The molecule has 0 heterocycles. The molecule has 308 valence electrons. The van der Waals surface area contributed by atoms with E-state index in [2.05, 4.69) is 20.9 Å². The van der Waals surface area contributed by atoms with Crippen LogP contribution in [0, 0.1) is 23.2 Å². The lowest BCUT2D eigenvalue weighted by Gasteiger charge is -2.34. The van der Waals surface area contributed by atoms with Gasteiger partial charge in [-0.05, 0) is 86.1 Å². The van der Waals surface area contributed by atoms with Gasteiger partial charge in [0.15, 0.2) is 5.96 Å². The molecule has 3 atom stereocenters. The highest BCUT2D eigenvalue weighted by molar-refractivity contribution is 5.95. The largest absolute Gasteiger partial charge is 0.416 e. The van der Waals surface area contributed by atoms with Crippen molar-refractivity contribution in [3.05, 3.63) is 70.3 Å². The van der Waals surface area contributed by atoms with E-state index in [9.17, 15) is 40.7 Å². The predicted octanol–water partition coefficient (Wildman–Crippen LogP) is 5.67. The Labute approximate surface area is 322 Å². The third kappa shape index (κ3) is 13.1. The highest BCUT2D eigenvalue weighted by Gasteiger charge is 2.39. The molecule has 0 aromatic heterocycles. The third-order valence-corrected chi connectivity index (χ3v) is 10.7. The summed E-state index contributed by atoms with van der Waals surface area (Å²) in [5.41, 5.74) is 14.4. The van der Waals surface area contributed by atoms with Gasteiger partial charge in [0.1, 0.15) is 17.9 Å². The first kappa shape index (κ1) is 43.9. The number of carbonyl (C=O) groups excluding carboxylic acids is 3. The lowest BCUT2D eigenvalue weighted by atomic mass is 9.76. The minimum Gasteiger partial charge on any atom is -0.384 e. The Bertz CT molecular complexity index is 1650. The van der Waals surface area contributed by atoms with Crippen LogP contribution in [-0.4, -0.2) is 48.1 Å². The second-order valence-electron chi connectivity index (χ2n) is 14.8. The van der Waals surface area contributed by atoms with Crippen LogP contribution in [0.15, 0.2) is 47.5 Å². The van der Waals surface area contributed by atoms with E-state index in [-0.39, 0.29) is 55.0 Å². The Morgan fingerprint density at radius 3 is 1.80 bits per heavy atom. The van der Waals surface area contributed by atoms with E-state index in [0.29, 0.717) is 37.0 Å². The van der Waals surface area contributed by atoms with Crippen LogP contribution in [-0.2, 0) is 39.7 Å². The van der Waals surface area contributed by atoms with E-state index < -0.39 is 65.4 Å².